The van der Waals surface area contributed by atoms with Crippen molar-refractivity contribution in [2.75, 3.05) is 6.54 Å². The smallest absolute Gasteiger partial charge is 0.321 e. The molecule has 116 valence electrons. The first kappa shape index (κ1) is 16.4. The van der Waals surface area contributed by atoms with Crippen LogP contribution >= 0.6 is 23.1 Å². The maximum Gasteiger partial charge on any atom is 0.321 e. The SMILES string of the molecule is CCNC(=O)NC(=O)[C@@H](Sc1nnc(C)s1)c1ccccc1. The van der Waals surface area contributed by atoms with Crippen LogP contribution in [0.25, 0.3) is 0 Å². The molecule has 2 aromatic rings. The molecule has 1 aromatic carbocycles. The largest absolute Gasteiger partial charge is 0.338 e. The lowest BCUT2D eigenvalue weighted by Gasteiger charge is -2.15. The van der Waals surface area contributed by atoms with Crippen molar-refractivity contribution in [1.29, 1.82) is 0 Å². The van der Waals surface area contributed by atoms with Gasteiger partial charge in [0, 0.05) is 6.54 Å². The molecule has 6 nitrogen and oxygen atoms in total. The highest BCUT2D eigenvalue weighted by Gasteiger charge is 2.25. The van der Waals surface area contributed by atoms with E-state index in [1.807, 2.05) is 37.3 Å². The second-order valence-electron chi connectivity index (χ2n) is 4.34. The van der Waals surface area contributed by atoms with Crippen LogP contribution in [0.2, 0.25) is 0 Å². The summed E-state index contributed by atoms with van der Waals surface area (Å²) in [6.07, 6.45) is 0. The summed E-state index contributed by atoms with van der Waals surface area (Å²) < 4.78 is 0.692. The summed E-state index contributed by atoms with van der Waals surface area (Å²) in [6, 6.07) is 8.79. The number of carbonyl (C=O) groups excluding carboxylic acids is 2. The highest BCUT2D eigenvalue weighted by atomic mass is 32.2. The molecule has 22 heavy (non-hydrogen) atoms. The number of hydrogen-bond donors (Lipinski definition) is 2. The van der Waals surface area contributed by atoms with Gasteiger partial charge >= 0.3 is 6.03 Å². The van der Waals surface area contributed by atoms with Crippen LogP contribution in [0.1, 0.15) is 22.7 Å². The Hall–Kier alpha value is -1.93. The van der Waals surface area contributed by atoms with Gasteiger partial charge in [-0.05, 0) is 19.4 Å². The molecule has 2 N–H and O–H groups in total. The molecule has 2 rings (SSSR count). The standard InChI is InChI=1S/C14H16N4O2S2/c1-3-15-13(20)16-12(19)11(10-7-5-4-6-8-10)22-14-18-17-9(2)21-14/h4-8,11H,3H2,1-2H3,(H2,15,16,19,20)/t11-/m0/s1. The number of aryl methyl sites for hydroxylation is 1. The lowest BCUT2D eigenvalue weighted by molar-refractivity contribution is -0.119. The monoisotopic (exact) mass is 336 g/mol. The summed E-state index contributed by atoms with van der Waals surface area (Å²) in [5.41, 5.74) is 0.808. The molecule has 0 bridgehead atoms. The Kier molecular flexibility index (Phi) is 5.91. The lowest BCUT2D eigenvalue weighted by Crippen LogP contribution is -2.41. The number of nitrogens with zero attached hydrogens (tertiary/aromatic N) is 2. The van der Waals surface area contributed by atoms with Gasteiger partial charge in [0.2, 0.25) is 5.91 Å². The first-order valence-electron chi connectivity index (χ1n) is 6.70. The highest BCUT2D eigenvalue weighted by Crippen LogP contribution is 2.36. The van der Waals surface area contributed by atoms with Gasteiger partial charge in [-0.15, -0.1) is 10.2 Å². The lowest BCUT2D eigenvalue weighted by atomic mass is 10.1. The quantitative estimate of drug-likeness (QED) is 0.820. The molecule has 1 heterocycles. The number of thioether (sulfide) groups is 1. The Labute approximate surface area is 136 Å². The number of urea groups is 1. The van der Waals surface area contributed by atoms with E-state index in [4.69, 9.17) is 0 Å². The number of carbonyl (C=O) groups is 2. The molecule has 0 aliphatic carbocycles. The summed E-state index contributed by atoms with van der Waals surface area (Å²) in [6.45, 7) is 4.10. The average Bonchev–Trinajstić information content (AvgIpc) is 2.91. The van der Waals surface area contributed by atoms with Gasteiger partial charge in [-0.3, -0.25) is 10.1 Å². The number of hydrogen-bond acceptors (Lipinski definition) is 6. The van der Waals surface area contributed by atoms with E-state index in [2.05, 4.69) is 20.8 Å². The molecule has 0 saturated carbocycles. The zero-order chi connectivity index (χ0) is 15.9. The molecule has 3 amide bonds. The van der Waals surface area contributed by atoms with Crippen LogP contribution in [-0.4, -0.2) is 28.7 Å². The molecule has 1 aromatic heterocycles. The minimum atomic E-state index is -0.559. The molecular weight excluding hydrogens is 320 g/mol. The van der Waals surface area contributed by atoms with Gasteiger partial charge in [-0.25, -0.2) is 4.79 Å². The van der Waals surface area contributed by atoms with E-state index in [-0.39, 0.29) is 5.91 Å². The zero-order valence-corrected chi connectivity index (χ0v) is 13.8. The Morgan fingerprint density at radius 2 is 2.00 bits per heavy atom. The molecule has 0 fully saturated rings. The van der Waals surface area contributed by atoms with Gasteiger partial charge in [0.15, 0.2) is 4.34 Å². The van der Waals surface area contributed by atoms with Crippen LogP contribution in [0, 0.1) is 6.92 Å². The van der Waals surface area contributed by atoms with Crippen molar-refractivity contribution in [2.45, 2.75) is 23.4 Å². The van der Waals surface area contributed by atoms with Gasteiger partial charge in [-0.1, -0.05) is 53.4 Å². The van der Waals surface area contributed by atoms with Crippen molar-refractivity contribution in [2.24, 2.45) is 0 Å². The van der Waals surface area contributed by atoms with Crippen molar-refractivity contribution in [1.82, 2.24) is 20.8 Å². The molecule has 0 saturated heterocycles. The van der Waals surface area contributed by atoms with E-state index in [0.717, 1.165) is 10.6 Å². The number of imide groups is 1. The normalized spacial score (nSPS) is 11.7. The van der Waals surface area contributed by atoms with Crippen molar-refractivity contribution in [3.63, 3.8) is 0 Å². The van der Waals surface area contributed by atoms with Crippen LogP contribution in [0.3, 0.4) is 0 Å². The maximum atomic E-state index is 12.4. The summed E-state index contributed by atoms with van der Waals surface area (Å²) in [5, 5.41) is 13.2. The van der Waals surface area contributed by atoms with E-state index < -0.39 is 11.3 Å². The number of aromatic nitrogens is 2. The maximum absolute atomic E-state index is 12.4. The summed E-state index contributed by atoms with van der Waals surface area (Å²) in [4.78, 5) is 24.0. The van der Waals surface area contributed by atoms with E-state index in [0.29, 0.717) is 10.9 Å². The molecular formula is C14H16N4O2S2. The van der Waals surface area contributed by atoms with Crippen molar-refractivity contribution < 1.29 is 9.59 Å². The van der Waals surface area contributed by atoms with Crippen molar-refractivity contribution in [3.05, 3.63) is 40.9 Å². The van der Waals surface area contributed by atoms with Gasteiger partial charge < -0.3 is 5.32 Å². The summed E-state index contributed by atoms with van der Waals surface area (Å²) in [5.74, 6) is -0.380. The fourth-order valence-electron chi connectivity index (χ4n) is 1.71. The molecule has 0 aliphatic heterocycles. The van der Waals surface area contributed by atoms with Gasteiger partial charge in [0.25, 0.3) is 0 Å². The highest BCUT2D eigenvalue weighted by molar-refractivity contribution is 8.01. The van der Waals surface area contributed by atoms with Crippen LogP contribution in [-0.2, 0) is 4.79 Å². The Morgan fingerprint density at radius 1 is 1.27 bits per heavy atom. The van der Waals surface area contributed by atoms with E-state index in [1.165, 1.54) is 23.1 Å². The van der Waals surface area contributed by atoms with Gasteiger partial charge in [-0.2, -0.15) is 0 Å². The Balaban J connectivity index is 2.18. The molecule has 0 spiro atoms. The third kappa shape index (κ3) is 4.54. The van der Waals surface area contributed by atoms with E-state index >= 15 is 0 Å². The first-order chi connectivity index (χ1) is 10.6. The number of amides is 3. The predicted molar refractivity (Wildman–Crippen MR) is 86.9 cm³/mol. The zero-order valence-electron chi connectivity index (χ0n) is 12.2. The fourth-order valence-corrected chi connectivity index (χ4v) is 3.72. The van der Waals surface area contributed by atoms with Crippen LogP contribution in [0.5, 0.6) is 0 Å². The van der Waals surface area contributed by atoms with Crippen molar-refractivity contribution >= 4 is 35.0 Å². The van der Waals surface area contributed by atoms with Gasteiger partial charge in [0.1, 0.15) is 10.3 Å². The van der Waals surface area contributed by atoms with E-state index in [9.17, 15) is 9.59 Å². The second-order valence-corrected chi connectivity index (χ2v) is 6.88. The minimum Gasteiger partial charge on any atom is -0.338 e. The fraction of sp³-hybridized carbons (Fsp3) is 0.286. The third-order valence-corrected chi connectivity index (χ3v) is 4.82. The number of benzene rings is 1. The van der Waals surface area contributed by atoms with Gasteiger partial charge in [0.05, 0.1) is 0 Å². The second kappa shape index (κ2) is 7.90. The molecule has 0 aliphatic rings. The Bertz CT molecular complexity index is 645. The molecule has 0 radical (unpaired) electrons. The third-order valence-electron chi connectivity index (χ3n) is 2.64. The molecule has 0 unspecified atom stereocenters. The predicted octanol–water partition coefficient (Wildman–Crippen LogP) is 2.53. The Morgan fingerprint density at radius 3 is 2.59 bits per heavy atom. The number of nitrogens with one attached hydrogen (secondary N) is 2. The topological polar surface area (TPSA) is 84.0 Å². The van der Waals surface area contributed by atoms with E-state index in [1.54, 1.807) is 6.92 Å². The summed E-state index contributed by atoms with van der Waals surface area (Å²) >= 11 is 2.70. The minimum absolute atomic E-state index is 0.380. The van der Waals surface area contributed by atoms with Crippen LogP contribution < -0.4 is 10.6 Å². The first-order valence-corrected chi connectivity index (χ1v) is 8.40. The van der Waals surface area contributed by atoms with Crippen molar-refractivity contribution in [3.8, 4) is 0 Å². The average molecular weight is 336 g/mol. The molecule has 8 heteroatoms. The van der Waals surface area contributed by atoms with Crippen LogP contribution in [0.4, 0.5) is 4.79 Å². The number of rotatable bonds is 5. The summed E-state index contributed by atoms with van der Waals surface area (Å²) in [7, 11) is 0. The van der Waals surface area contributed by atoms with Crippen LogP contribution in [0.15, 0.2) is 34.7 Å². The molecule has 1 atom stereocenters.